The molecule has 0 unspecified atom stereocenters. The molecule has 0 aromatic heterocycles. The van der Waals surface area contributed by atoms with Crippen molar-refractivity contribution in [3.05, 3.63) is 11.5 Å². The van der Waals surface area contributed by atoms with Crippen LogP contribution in [0.25, 0.3) is 0 Å². The van der Waals surface area contributed by atoms with Crippen molar-refractivity contribution in [1.82, 2.24) is 0 Å². The quantitative estimate of drug-likeness (QED) is 0.332. The fraction of sp³-hybridized carbons (Fsp3) is 0.857. The predicted molar refractivity (Wildman–Crippen MR) is 82.9 cm³/mol. The van der Waals surface area contributed by atoms with Crippen molar-refractivity contribution in [2.75, 3.05) is 0 Å². The fourth-order valence-corrected chi connectivity index (χ4v) is 2.32. The molecule has 0 aromatic rings. The molecular weight excluding hydrogens is 271 g/mol. The third-order valence-electron chi connectivity index (χ3n) is 2.99. The van der Waals surface area contributed by atoms with E-state index in [9.17, 15) is 8.42 Å². The smallest absolute Gasteiger partial charge is 0.282 e. The summed E-state index contributed by atoms with van der Waals surface area (Å²) in [6.45, 7) is 2.23. The topological polar surface area (TPSA) is 54.4 Å². The van der Waals surface area contributed by atoms with Crippen molar-refractivity contribution in [3.63, 3.8) is 0 Å². The zero-order chi connectivity index (χ0) is 13.7. The first kappa shape index (κ1) is 21.9. The zero-order valence-corrected chi connectivity index (χ0v) is 15.4. The normalized spacial score (nSPS) is 11.7. The fourth-order valence-electron chi connectivity index (χ4n) is 1.94. The minimum absolute atomic E-state index is 0. The van der Waals surface area contributed by atoms with E-state index < -0.39 is 10.1 Å². The molecule has 1 N–H and O–H groups in total. The molecule has 5 heteroatoms. The summed E-state index contributed by atoms with van der Waals surface area (Å²) in [5.41, 5.74) is 0. The molecule has 0 amide bonds. The van der Waals surface area contributed by atoms with Crippen LogP contribution in [0.2, 0.25) is 0 Å². The molecule has 0 rings (SSSR count). The molecule has 1 radical (unpaired) electrons. The van der Waals surface area contributed by atoms with E-state index >= 15 is 0 Å². The molecule has 109 valence electrons. The minimum atomic E-state index is -3.92. The number of rotatable bonds is 12. The van der Waals surface area contributed by atoms with E-state index in [1.807, 2.05) is 0 Å². The van der Waals surface area contributed by atoms with Gasteiger partial charge in [-0.3, -0.25) is 4.55 Å². The summed E-state index contributed by atoms with van der Waals surface area (Å²) < 4.78 is 29.2. The summed E-state index contributed by atoms with van der Waals surface area (Å²) in [7, 11) is -3.92. The van der Waals surface area contributed by atoms with E-state index in [1.54, 1.807) is 0 Å². The van der Waals surface area contributed by atoms with Crippen LogP contribution in [0, 0.1) is 0 Å². The molecule has 0 aliphatic carbocycles. The van der Waals surface area contributed by atoms with E-state index in [2.05, 4.69) is 6.92 Å². The number of hydrogen-bond acceptors (Lipinski definition) is 2. The van der Waals surface area contributed by atoms with Crippen LogP contribution in [0.4, 0.5) is 0 Å². The Morgan fingerprint density at radius 2 is 1.26 bits per heavy atom. The molecule has 0 saturated carbocycles. The third kappa shape index (κ3) is 21.1. The Morgan fingerprint density at radius 3 is 1.68 bits per heavy atom. The maximum atomic E-state index is 10.4. The Labute approximate surface area is 141 Å². The predicted octanol–water partition coefficient (Wildman–Crippen LogP) is 4.32. The first-order chi connectivity index (χ1) is 8.56. The van der Waals surface area contributed by atoms with Crippen molar-refractivity contribution >= 4 is 39.7 Å². The minimum Gasteiger partial charge on any atom is -0.282 e. The summed E-state index contributed by atoms with van der Waals surface area (Å²) in [6, 6.07) is 0. The average molecular weight is 299 g/mol. The first-order valence-electron chi connectivity index (χ1n) is 7.20. The van der Waals surface area contributed by atoms with Crippen LogP contribution in [0.5, 0.6) is 0 Å². The van der Waals surface area contributed by atoms with Crippen molar-refractivity contribution in [1.29, 1.82) is 0 Å². The van der Waals surface area contributed by atoms with Crippen LogP contribution in [-0.2, 0) is 10.1 Å². The van der Waals surface area contributed by atoms with Gasteiger partial charge in [0.05, 0.1) is 5.41 Å². The van der Waals surface area contributed by atoms with Gasteiger partial charge in [0.2, 0.25) is 0 Å². The summed E-state index contributed by atoms with van der Waals surface area (Å²) in [5.74, 6) is 0. The summed E-state index contributed by atoms with van der Waals surface area (Å²) in [6.07, 6.45) is 15.0. The molecule has 0 aliphatic heterocycles. The van der Waals surface area contributed by atoms with Gasteiger partial charge in [-0.25, -0.2) is 0 Å². The van der Waals surface area contributed by atoms with E-state index in [-0.39, 0.29) is 29.6 Å². The maximum Gasteiger partial charge on any atom is 0.287 e. The van der Waals surface area contributed by atoms with Gasteiger partial charge >= 0.3 is 0 Å². The van der Waals surface area contributed by atoms with Crippen molar-refractivity contribution < 1.29 is 13.0 Å². The molecule has 0 spiro atoms. The third-order valence-corrected chi connectivity index (χ3v) is 3.53. The van der Waals surface area contributed by atoms with Crippen molar-refractivity contribution in [2.24, 2.45) is 0 Å². The van der Waals surface area contributed by atoms with E-state index in [4.69, 9.17) is 4.55 Å². The molecular formula is C14H28NaO3S. The Balaban J connectivity index is 0. The number of unbranched alkanes of at least 4 members (excludes halogenated alkanes) is 10. The molecule has 0 bridgehead atoms. The molecule has 0 aliphatic rings. The van der Waals surface area contributed by atoms with Gasteiger partial charge in [0.15, 0.2) is 0 Å². The van der Waals surface area contributed by atoms with E-state index in [1.165, 1.54) is 57.4 Å². The Kier molecular flexibility index (Phi) is 17.4. The van der Waals surface area contributed by atoms with E-state index in [0.717, 1.165) is 24.7 Å². The van der Waals surface area contributed by atoms with Crippen molar-refractivity contribution in [2.45, 2.75) is 77.6 Å². The van der Waals surface area contributed by atoms with Gasteiger partial charge < -0.3 is 0 Å². The summed E-state index contributed by atoms with van der Waals surface area (Å²) in [5, 5.41) is 0.876. The van der Waals surface area contributed by atoms with Crippen LogP contribution >= 0.6 is 0 Å². The average Bonchev–Trinajstić information content (AvgIpc) is 2.29. The van der Waals surface area contributed by atoms with Crippen molar-refractivity contribution in [3.8, 4) is 0 Å². The van der Waals surface area contributed by atoms with E-state index in [0.29, 0.717) is 0 Å². The van der Waals surface area contributed by atoms with Gasteiger partial charge in [-0.2, -0.15) is 8.42 Å². The monoisotopic (exact) mass is 299 g/mol. The second-order valence-corrected chi connectivity index (χ2v) is 6.16. The molecule has 0 fully saturated rings. The van der Waals surface area contributed by atoms with Gasteiger partial charge in [0.1, 0.15) is 0 Å². The number of allylic oxidation sites excluding steroid dienone is 1. The van der Waals surface area contributed by atoms with Gasteiger partial charge in [0, 0.05) is 29.6 Å². The van der Waals surface area contributed by atoms with Crippen LogP contribution in [0.3, 0.4) is 0 Å². The van der Waals surface area contributed by atoms with Gasteiger partial charge in [-0.15, -0.1) is 0 Å². The Morgan fingerprint density at radius 1 is 0.842 bits per heavy atom. The van der Waals surface area contributed by atoms with Gasteiger partial charge in [-0.1, -0.05) is 70.8 Å². The second-order valence-electron chi connectivity index (χ2n) is 4.86. The standard InChI is InChI=1S/C14H28O3S.Na/c1-2-3-4-5-6-7-8-9-10-11-12-13-14-18(15,16)17;/h13-14H,2-12H2,1H3,(H,15,16,17);. The van der Waals surface area contributed by atoms with Crippen LogP contribution in [0.15, 0.2) is 11.5 Å². The van der Waals surface area contributed by atoms with Crippen LogP contribution in [-0.4, -0.2) is 42.5 Å². The van der Waals surface area contributed by atoms with Gasteiger partial charge in [-0.05, 0) is 12.8 Å². The molecule has 0 heterocycles. The largest absolute Gasteiger partial charge is 0.287 e. The summed E-state index contributed by atoms with van der Waals surface area (Å²) in [4.78, 5) is 0. The number of hydrogen-bond donors (Lipinski definition) is 1. The van der Waals surface area contributed by atoms with Gasteiger partial charge in [0.25, 0.3) is 10.1 Å². The summed E-state index contributed by atoms with van der Waals surface area (Å²) >= 11 is 0. The zero-order valence-electron chi connectivity index (χ0n) is 12.6. The molecule has 0 saturated heterocycles. The second kappa shape index (κ2) is 15.0. The Hall–Kier alpha value is 0.650. The SMILES string of the molecule is CCCCCCCCCCCCC=CS(=O)(=O)O.[Na]. The van der Waals surface area contributed by atoms with Crippen LogP contribution in [0.1, 0.15) is 77.6 Å². The van der Waals surface area contributed by atoms with Crippen LogP contribution < -0.4 is 0 Å². The molecule has 19 heavy (non-hydrogen) atoms. The Bertz CT molecular complexity index is 300. The molecule has 0 atom stereocenters. The molecule has 3 nitrogen and oxygen atoms in total. The first-order valence-corrected chi connectivity index (χ1v) is 8.70. The molecule has 0 aromatic carbocycles. The maximum absolute atomic E-state index is 10.4.